The van der Waals surface area contributed by atoms with Gasteiger partial charge in [0.2, 0.25) is 5.91 Å². The van der Waals surface area contributed by atoms with E-state index in [1.807, 2.05) is 6.07 Å². The lowest BCUT2D eigenvalue weighted by Crippen LogP contribution is -2.37. The van der Waals surface area contributed by atoms with Crippen LogP contribution in [0, 0.1) is 11.3 Å². The minimum absolute atomic E-state index is 0.00923. The van der Waals surface area contributed by atoms with Crippen molar-refractivity contribution in [3.05, 3.63) is 28.2 Å². The third-order valence-electron chi connectivity index (χ3n) is 2.38. The number of hydrogen-bond acceptors (Lipinski definition) is 3. The molecule has 1 rings (SSSR count). The van der Waals surface area contributed by atoms with E-state index in [4.69, 9.17) is 5.26 Å². The second kappa shape index (κ2) is 6.69. The predicted octanol–water partition coefficient (Wildman–Crippen LogP) is 3.04. The van der Waals surface area contributed by atoms with Crippen molar-refractivity contribution < 1.29 is 4.79 Å². The monoisotopic (exact) mass is 323 g/mol. The molecule has 102 valence electrons. The summed E-state index contributed by atoms with van der Waals surface area (Å²) in [5.41, 5.74) is 1.24. The van der Waals surface area contributed by atoms with Crippen LogP contribution in [0.1, 0.15) is 32.8 Å². The molecule has 0 saturated carbocycles. The molecule has 0 saturated heterocycles. The van der Waals surface area contributed by atoms with Crippen LogP contribution in [0.2, 0.25) is 0 Å². The van der Waals surface area contributed by atoms with Crippen molar-refractivity contribution >= 4 is 27.5 Å². The zero-order valence-electron chi connectivity index (χ0n) is 11.4. The lowest BCUT2D eigenvalue weighted by Gasteiger charge is -2.20. The van der Waals surface area contributed by atoms with Crippen molar-refractivity contribution in [3.8, 4) is 6.07 Å². The Labute approximate surface area is 122 Å². The van der Waals surface area contributed by atoms with E-state index in [2.05, 4.69) is 47.3 Å². The molecule has 0 aliphatic heterocycles. The molecule has 2 N–H and O–H groups in total. The van der Waals surface area contributed by atoms with E-state index < -0.39 is 0 Å². The summed E-state index contributed by atoms with van der Waals surface area (Å²) in [4.78, 5) is 11.8. The van der Waals surface area contributed by atoms with Crippen molar-refractivity contribution in [1.29, 1.82) is 5.26 Å². The zero-order chi connectivity index (χ0) is 14.5. The first-order valence-corrected chi connectivity index (χ1v) is 6.85. The van der Waals surface area contributed by atoms with Crippen LogP contribution in [0.4, 0.5) is 5.69 Å². The highest BCUT2D eigenvalue weighted by molar-refractivity contribution is 9.10. The molecular formula is C14H18BrN3O. The van der Waals surface area contributed by atoms with Crippen LogP contribution in [0.5, 0.6) is 0 Å². The Hall–Kier alpha value is -1.38. The van der Waals surface area contributed by atoms with Crippen LogP contribution < -0.4 is 10.6 Å². The molecule has 0 unspecified atom stereocenters. The summed E-state index contributed by atoms with van der Waals surface area (Å²) in [5, 5.41) is 14.8. The lowest BCUT2D eigenvalue weighted by molar-refractivity contribution is -0.116. The van der Waals surface area contributed by atoms with Gasteiger partial charge in [-0.3, -0.25) is 4.79 Å². The van der Waals surface area contributed by atoms with Gasteiger partial charge in [0, 0.05) is 23.0 Å². The van der Waals surface area contributed by atoms with E-state index in [1.54, 1.807) is 18.2 Å². The largest absolute Gasteiger partial charge is 0.325 e. The number of anilines is 1. The lowest BCUT2D eigenvalue weighted by atomic mass is 10.1. The van der Waals surface area contributed by atoms with Crippen LogP contribution in [-0.4, -0.2) is 18.0 Å². The van der Waals surface area contributed by atoms with E-state index >= 15 is 0 Å². The van der Waals surface area contributed by atoms with Crippen LogP contribution in [0.3, 0.4) is 0 Å². The normalized spacial score (nSPS) is 10.9. The number of halogens is 1. The fraction of sp³-hybridized carbons (Fsp3) is 0.429. The fourth-order valence-electron chi connectivity index (χ4n) is 1.45. The molecule has 0 fully saturated rings. The first-order chi connectivity index (χ1) is 8.81. The molecule has 1 amide bonds. The van der Waals surface area contributed by atoms with Crippen molar-refractivity contribution in [2.45, 2.75) is 32.7 Å². The van der Waals surface area contributed by atoms with E-state index in [9.17, 15) is 4.79 Å². The Morgan fingerprint density at radius 3 is 2.63 bits per heavy atom. The molecule has 0 spiro atoms. The van der Waals surface area contributed by atoms with Crippen molar-refractivity contribution in [1.82, 2.24) is 5.32 Å². The molecular weight excluding hydrogens is 306 g/mol. The van der Waals surface area contributed by atoms with Gasteiger partial charge in [0.25, 0.3) is 0 Å². The van der Waals surface area contributed by atoms with Gasteiger partial charge in [-0.05, 0) is 54.9 Å². The molecule has 1 aromatic carbocycles. The predicted molar refractivity (Wildman–Crippen MR) is 79.9 cm³/mol. The Bertz CT molecular complexity index is 500. The van der Waals surface area contributed by atoms with E-state index in [-0.39, 0.29) is 11.4 Å². The number of amides is 1. The molecule has 0 heterocycles. The summed E-state index contributed by atoms with van der Waals surface area (Å²) in [7, 11) is 0. The van der Waals surface area contributed by atoms with Crippen LogP contribution in [0.25, 0.3) is 0 Å². The molecule has 1 aromatic rings. The van der Waals surface area contributed by atoms with Gasteiger partial charge < -0.3 is 10.6 Å². The highest BCUT2D eigenvalue weighted by Gasteiger charge is 2.10. The number of carbonyl (C=O) groups is 1. The van der Waals surface area contributed by atoms with Gasteiger partial charge in [0.1, 0.15) is 0 Å². The SMILES string of the molecule is CC(C)(C)NCCC(=O)Nc1ccc(C#N)cc1Br. The maximum Gasteiger partial charge on any atom is 0.225 e. The molecule has 0 bridgehead atoms. The number of nitriles is 1. The average molecular weight is 324 g/mol. The molecule has 0 atom stereocenters. The summed E-state index contributed by atoms with van der Waals surface area (Å²) in [6, 6.07) is 7.12. The quantitative estimate of drug-likeness (QED) is 0.895. The van der Waals surface area contributed by atoms with E-state index in [0.717, 1.165) is 0 Å². The Balaban J connectivity index is 2.51. The Kier molecular flexibility index (Phi) is 5.52. The summed E-state index contributed by atoms with van der Waals surface area (Å²) < 4.78 is 0.712. The van der Waals surface area contributed by atoms with Gasteiger partial charge in [-0.1, -0.05) is 0 Å². The first-order valence-electron chi connectivity index (χ1n) is 6.06. The number of benzene rings is 1. The fourth-order valence-corrected chi connectivity index (χ4v) is 1.93. The van der Waals surface area contributed by atoms with Gasteiger partial charge >= 0.3 is 0 Å². The van der Waals surface area contributed by atoms with Crippen LogP contribution >= 0.6 is 15.9 Å². The Morgan fingerprint density at radius 2 is 2.11 bits per heavy atom. The topological polar surface area (TPSA) is 64.9 Å². The Morgan fingerprint density at radius 1 is 1.42 bits per heavy atom. The van der Waals surface area contributed by atoms with Gasteiger partial charge in [-0.15, -0.1) is 0 Å². The van der Waals surface area contributed by atoms with Crippen molar-refractivity contribution in [3.63, 3.8) is 0 Å². The highest BCUT2D eigenvalue weighted by atomic mass is 79.9. The number of nitrogens with one attached hydrogen (secondary N) is 2. The minimum Gasteiger partial charge on any atom is -0.325 e. The molecule has 0 aliphatic carbocycles. The third-order valence-corrected chi connectivity index (χ3v) is 3.04. The number of hydrogen-bond donors (Lipinski definition) is 2. The molecule has 0 aliphatic rings. The van der Waals surface area contributed by atoms with Gasteiger partial charge in [0.15, 0.2) is 0 Å². The molecule has 4 nitrogen and oxygen atoms in total. The zero-order valence-corrected chi connectivity index (χ0v) is 13.0. The maximum atomic E-state index is 11.8. The average Bonchev–Trinajstić information content (AvgIpc) is 2.30. The molecule has 0 aromatic heterocycles. The second-order valence-corrected chi connectivity index (χ2v) is 6.14. The second-order valence-electron chi connectivity index (χ2n) is 5.28. The smallest absolute Gasteiger partial charge is 0.225 e. The third kappa shape index (κ3) is 5.86. The number of nitrogens with zero attached hydrogens (tertiary/aromatic N) is 1. The van der Waals surface area contributed by atoms with Crippen molar-refractivity contribution in [2.75, 3.05) is 11.9 Å². The minimum atomic E-state index is -0.0536. The summed E-state index contributed by atoms with van der Waals surface area (Å²) >= 11 is 3.33. The number of rotatable bonds is 4. The van der Waals surface area contributed by atoms with Crippen molar-refractivity contribution in [2.24, 2.45) is 0 Å². The van der Waals surface area contributed by atoms with Crippen LogP contribution in [-0.2, 0) is 4.79 Å². The molecule has 5 heteroatoms. The van der Waals surface area contributed by atoms with E-state index in [0.29, 0.717) is 28.7 Å². The van der Waals surface area contributed by atoms with Gasteiger partial charge in [-0.2, -0.15) is 5.26 Å². The van der Waals surface area contributed by atoms with Gasteiger partial charge in [-0.25, -0.2) is 0 Å². The standard InChI is InChI=1S/C14H18BrN3O/c1-14(2,3)17-7-6-13(19)18-12-5-4-10(9-16)8-11(12)15/h4-5,8,17H,6-7H2,1-3H3,(H,18,19). The molecule has 0 radical (unpaired) electrons. The summed E-state index contributed by atoms with van der Waals surface area (Å²) in [6.07, 6.45) is 0.406. The summed E-state index contributed by atoms with van der Waals surface area (Å²) in [5.74, 6) is -0.0536. The number of carbonyl (C=O) groups excluding carboxylic acids is 1. The molecule has 19 heavy (non-hydrogen) atoms. The highest BCUT2D eigenvalue weighted by Crippen LogP contribution is 2.23. The van der Waals surface area contributed by atoms with E-state index in [1.165, 1.54) is 0 Å². The van der Waals surface area contributed by atoms with Gasteiger partial charge in [0.05, 0.1) is 17.3 Å². The maximum absolute atomic E-state index is 11.8. The first kappa shape index (κ1) is 15.7. The summed E-state index contributed by atoms with van der Waals surface area (Å²) in [6.45, 7) is 6.80. The van der Waals surface area contributed by atoms with Crippen LogP contribution in [0.15, 0.2) is 22.7 Å².